The fourth-order valence-corrected chi connectivity index (χ4v) is 3.13. The molecule has 3 N–H and O–H groups in total. The Morgan fingerprint density at radius 2 is 1.89 bits per heavy atom. The third kappa shape index (κ3) is 7.83. The molecule has 0 aliphatic carbocycles. The minimum atomic E-state index is -1.09. The normalized spacial score (nSPS) is 11.8. The summed E-state index contributed by atoms with van der Waals surface area (Å²) in [5.74, 6) is -0.187. The molecule has 0 fully saturated rings. The number of nitro benzene ring substituents is 2. The number of halogens is 1. The van der Waals surface area contributed by atoms with E-state index in [0.29, 0.717) is 12.3 Å². The molecule has 2 aromatic carbocycles. The van der Waals surface area contributed by atoms with Crippen LogP contribution in [0.2, 0.25) is 5.02 Å². The first-order valence-electron chi connectivity index (χ1n) is 10.6. The predicted octanol–water partition coefficient (Wildman–Crippen LogP) is 5.09. The van der Waals surface area contributed by atoms with Gasteiger partial charge in [-0.05, 0) is 12.5 Å². The molecule has 2 aromatic rings. The second-order valence-corrected chi connectivity index (χ2v) is 7.73. The zero-order valence-corrected chi connectivity index (χ0v) is 20.4. The number of rotatable bonds is 13. The molecule has 0 aliphatic heterocycles. The number of aliphatic hydroxyl groups excluding tert-OH is 1. The number of nitrogens with zero attached hydrogens (tertiary/aromatic N) is 4. The maximum Gasteiger partial charge on any atom is 0.305 e. The number of amides is 1. The summed E-state index contributed by atoms with van der Waals surface area (Å²) in [6, 6.07) is 4.50. The van der Waals surface area contributed by atoms with Gasteiger partial charge in [-0.3, -0.25) is 25.0 Å². The van der Waals surface area contributed by atoms with Crippen LogP contribution in [0.4, 0.5) is 34.1 Å². The number of nitro groups is 2. The second-order valence-electron chi connectivity index (χ2n) is 7.32. The number of hydrogen-bond donors (Lipinski definition) is 3. The van der Waals surface area contributed by atoms with Crippen molar-refractivity contribution in [2.75, 3.05) is 30.9 Å². The number of carbonyl (C=O) groups is 1. The largest absolute Gasteiger partial charge is 0.495 e. The molecule has 0 heterocycles. The Kier molecular flexibility index (Phi) is 10.5. The third-order valence-corrected chi connectivity index (χ3v) is 4.89. The van der Waals surface area contributed by atoms with E-state index in [4.69, 9.17) is 21.1 Å². The quantitative estimate of drug-likeness (QED) is 0.105. The van der Waals surface area contributed by atoms with Crippen LogP contribution in [0.1, 0.15) is 26.7 Å². The SMILES string of the molecule is CCCCOC(O)CNc1cc(NC(C)=O)c(N=Nc2c(Cl)cc([N+](=O)[O-])cc2[N+](=O)[O-])cc1OC. The molecule has 0 aromatic heterocycles. The maximum absolute atomic E-state index is 11.7. The molecule has 1 unspecified atom stereocenters. The number of unbranched alkanes of at least 4 members (excludes halogenated alkanes) is 1. The zero-order chi connectivity index (χ0) is 26.8. The molecule has 0 bridgehead atoms. The number of aliphatic hydroxyl groups is 1. The van der Waals surface area contributed by atoms with Crippen LogP contribution in [-0.2, 0) is 9.53 Å². The van der Waals surface area contributed by atoms with Crippen molar-refractivity contribution in [1.82, 2.24) is 0 Å². The summed E-state index contributed by atoms with van der Waals surface area (Å²) in [6.07, 6.45) is 0.622. The first kappa shape index (κ1) is 28.4. The summed E-state index contributed by atoms with van der Waals surface area (Å²) >= 11 is 6.01. The van der Waals surface area contributed by atoms with Gasteiger partial charge in [-0.1, -0.05) is 24.9 Å². The smallest absolute Gasteiger partial charge is 0.305 e. The lowest BCUT2D eigenvalue weighted by Crippen LogP contribution is -2.23. The van der Waals surface area contributed by atoms with E-state index < -0.39 is 39.1 Å². The Bertz CT molecular complexity index is 1160. The minimum Gasteiger partial charge on any atom is -0.495 e. The fraction of sp³-hybridized carbons (Fsp3) is 0.381. The Morgan fingerprint density at radius 1 is 1.17 bits per heavy atom. The van der Waals surface area contributed by atoms with Crippen LogP contribution < -0.4 is 15.4 Å². The van der Waals surface area contributed by atoms with E-state index in [0.717, 1.165) is 25.0 Å². The van der Waals surface area contributed by atoms with Gasteiger partial charge >= 0.3 is 5.69 Å². The predicted molar refractivity (Wildman–Crippen MR) is 132 cm³/mol. The maximum atomic E-state index is 11.7. The van der Waals surface area contributed by atoms with Crippen LogP contribution in [-0.4, -0.2) is 47.4 Å². The lowest BCUT2D eigenvalue weighted by atomic mass is 10.2. The standard InChI is InChI=1S/C21H25ClN6O8/c1-4-5-6-36-20(30)11-23-17-9-15(24-12(2)29)16(10-19(17)35-3)25-26-21-14(22)7-13(27(31)32)8-18(21)28(33)34/h7-10,20,23,30H,4-6,11H2,1-3H3,(H,24,29). The molecular formula is C21H25ClN6O8. The number of methoxy groups -OCH3 is 1. The van der Waals surface area contributed by atoms with Crippen molar-refractivity contribution >= 4 is 51.6 Å². The second kappa shape index (κ2) is 13.3. The molecule has 194 valence electrons. The van der Waals surface area contributed by atoms with Gasteiger partial charge in [0.1, 0.15) is 11.4 Å². The number of non-ortho nitro benzene ring substituents is 1. The number of ether oxygens (including phenoxy) is 2. The highest BCUT2D eigenvalue weighted by Crippen LogP contribution is 2.42. The van der Waals surface area contributed by atoms with Crippen molar-refractivity contribution in [3.8, 4) is 5.75 Å². The molecule has 15 heteroatoms. The highest BCUT2D eigenvalue weighted by molar-refractivity contribution is 6.33. The number of azo groups is 1. The fourth-order valence-electron chi connectivity index (χ4n) is 2.89. The summed E-state index contributed by atoms with van der Waals surface area (Å²) < 4.78 is 10.6. The van der Waals surface area contributed by atoms with Gasteiger partial charge in [0, 0.05) is 25.7 Å². The van der Waals surface area contributed by atoms with Gasteiger partial charge in [0.15, 0.2) is 12.0 Å². The van der Waals surface area contributed by atoms with E-state index in [9.17, 15) is 30.1 Å². The van der Waals surface area contributed by atoms with Gasteiger partial charge in [0.2, 0.25) is 5.91 Å². The van der Waals surface area contributed by atoms with Crippen molar-refractivity contribution in [3.05, 3.63) is 49.5 Å². The van der Waals surface area contributed by atoms with Crippen LogP contribution >= 0.6 is 11.6 Å². The number of nitrogens with one attached hydrogen (secondary N) is 2. The van der Waals surface area contributed by atoms with Gasteiger partial charge in [0.25, 0.3) is 5.69 Å². The number of benzene rings is 2. The summed E-state index contributed by atoms with van der Waals surface area (Å²) in [7, 11) is 1.38. The molecular weight excluding hydrogens is 500 g/mol. The topological polar surface area (TPSA) is 191 Å². The highest BCUT2D eigenvalue weighted by atomic mass is 35.5. The van der Waals surface area contributed by atoms with E-state index in [1.165, 1.54) is 26.2 Å². The zero-order valence-electron chi connectivity index (χ0n) is 19.7. The Morgan fingerprint density at radius 3 is 2.47 bits per heavy atom. The van der Waals surface area contributed by atoms with Crippen LogP contribution in [0.5, 0.6) is 5.75 Å². The summed E-state index contributed by atoms with van der Waals surface area (Å²) in [6.45, 7) is 3.67. The number of anilines is 2. The van der Waals surface area contributed by atoms with Gasteiger partial charge in [0.05, 0.1) is 46.0 Å². The summed E-state index contributed by atoms with van der Waals surface area (Å²) in [5, 5.41) is 45.4. The van der Waals surface area contributed by atoms with Crippen LogP contribution in [0.3, 0.4) is 0 Å². The van der Waals surface area contributed by atoms with Crippen LogP contribution in [0.15, 0.2) is 34.5 Å². The third-order valence-electron chi connectivity index (χ3n) is 4.60. The Labute approximate surface area is 210 Å². The molecule has 14 nitrogen and oxygen atoms in total. The molecule has 1 amide bonds. The van der Waals surface area contributed by atoms with E-state index in [1.807, 2.05) is 6.92 Å². The van der Waals surface area contributed by atoms with Crippen molar-refractivity contribution in [1.29, 1.82) is 0 Å². The molecule has 0 saturated carbocycles. The van der Waals surface area contributed by atoms with Crippen molar-refractivity contribution in [2.24, 2.45) is 10.2 Å². The van der Waals surface area contributed by atoms with Crippen LogP contribution in [0.25, 0.3) is 0 Å². The highest BCUT2D eigenvalue weighted by Gasteiger charge is 2.24. The van der Waals surface area contributed by atoms with E-state index in [2.05, 4.69) is 20.9 Å². The monoisotopic (exact) mass is 524 g/mol. The number of hydrogen-bond acceptors (Lipinski definition) is 11. The van der Waals surface area contributed by atoms with E-state index >= 15 is 0 Å². The molecule has 0 spiro atoms. The molecule has 1 atom stereocenters. The Balaban J connectivity index is 2.44. The summed E-state index contributed by atoms with van der Waals surface area (Å²) in [4.78, 5) is 32.5. The first-order chi connectivity index (χ1) is 17.1. The molecule has 0 saturated heterocycles. The average molecular weight is 525 g/mol. The molecule has 0 aliphatic rings. The first-order valence-corrected chi connectivity index (χ1v) is 11.0. The summed E-state index contributed by atoms with van der Waals surface area (Å²) in [5.41, 5.74) is -1.11. The van der Waals surface area contributed by atoms with E-state index in [1.54, 1.807) is 0 Å². The molecule has 2 rings (SSSR count). The van der Waals surface area contributed by atoms with Crippen molar-refractivity contribution < 1.29 is 29.2 Å². The van der Waals surface area contributed by atoms with Crippen molar-refractivity contribution in [3.63, 3.8) is 0 Å². The van der Waals surface area contributed by atoms with Gasteiger partial charge < -0.3 is 25.2 Å². The molecule has 0 radical (unpaired) electrons. The van der Waals surface area contributed by atoms with Crippen LogP contribution in [0, 0.1) is 20.2 Å². The number of carbonyl (C=O) groups excluding carboxylic acids is 1. The van der Waals surface area contributed by atoms with Gasteiger partial charge in [-0.15, -0.1) is 10.2 Å². The Hall–Kier alpha value is -3.88. The lowest BCUT2D eigenvalue weighted by molar-refractivity contribution is -0.393. The van der Waals surface area contributed by atoms with Gasteiger partial charge in [-0.25, -0.2) is 0 Å². The van der Waals surface area contributed by atoms with Crippen molar-refractivity contribution in [2.45, 2.75) is 33.0 Å². The van der Waals surface area contributed by atoms with E-state index in [-0.39, 0.29) is 28.7 Å². The van der Waals surface area contributed by atoms with Gasteiger partial charge in [-0.2, -0.15) is 0 Å². The average Bonchev–Trinajstić information content (AvgIpc) is 2.81. The lowest BCUT2D eigenvalue weighted by Gasteiger charge is -2.17. The molecule has 36 heavy (non-hydrogen) atoms. The minimum absolute atomic E-state index is 0.0189.